The fourth-order valence-electron chi connectivity index (χ4n) is 1.02. The maximum absolute atomic E-state index is 11.7. The van der Waals surface area contributed by atoms with E-state index in [0.29, 0.717) is 16.6 Å². The summed E-state index contributed by atoms with van der Waals surface area (Å²) in [5.41, 5.74) is 0.566. The molecule has 0 radical (unpaired) electrons. The Balaban J connectivity index is 2.71. The highest BCUT2D eigenvalue weighted by Crippen LogP contribution is 2.21. The summed E-state index contributed by atoms with van der Waals surface area (Å²) < 4.78 is 0. The van der Waals surface area contributed by atoms with E-state index in [1.165, 1.54) is 0 Å². The van der Waals surface area contributed by atoms with Crippen LogP contribution < -0.4 is 5.32 Å². The Morgan fingerprint density at radius 2 is 2.13 bits per heavy atom. The molecule has 0 aliphatic heterocycles. The molecule has 1 aromatic heterocycles. The molecule has 0 bridgehead atoms. The van der Waals surface area contributed by atoms with E-state index in [9.17, 15) is 4.79 Å². The third-order valence-electron chi connectivity index (χ3n) is 2.44. The lowest BCUT2D eigenvalue weighted by Crippen LogP contribution is -2.24. The van der Waals surface area contributed by atoms with Gasteiger partial charge in [-0.05, 0) is 12.0 Å². The van der Waals surface area contributed by atoms with Gasteiger partial charge in [-0.3, -0.25) is 9.78 Å². The molecule has 0 aliphatic carbocycles. The van der Waals surface area contributed by atoms with E-state index in [1.54, 1.807) is 18.5 Å². The molecule has 4 heteroatoms. The zero-order valence-corrected chi connectivity index (χ0v) is 9.88. The molecular weight excluding hydrogens is 212 g/mol. The van der Waals surface area contributed by atoms with Gasteiger partial charge in [0.1, 0.15) is 0 Å². The Morgan fingerprint density at radius 3 is 2.67 bits per heavy atom. The third kappa shape index (κ3) is 3.20. The molecule has 3 nitrogen and oxygen atoms in total. The van der Waals surface area contributed by atoms with Crippen LogP contribution in [-0.4, -0.2) is 10.9 Å². The van der Waals surface area contributed by atoms with Crippen LogP contribution in [0.1, 0.15) is 20.8 Å². The number of nitrogens with one attached hydrogen (secondary N) is 1. The zero-order chi connectivity index (χ0) is 11.4. The Hall–Kier alpha value is -1.09. The molecular formula is C11H15ClN2O. The van der Waals surface area contributed by atoms with E-state index < -0.39 is 0 Å². The summed E-state index contributed by atoms with van der Waals surface area (Å²) in [4.78, 5) is 15.6. The van der Waals surface area contributed by atoms with Gasteiger partial charge in [-0.15, -0.1) is 0 Å². The molecule has 0 saturated heterocycles. The van der Waals surface area contributed by atoms with Crippen LogP contribution in [0, 0.1) is 11.8 Å². The number of hydrogen-bond donors (Lipinski definition) is 1. The molecule has 1 atom stereocenters. The second kappa shape index (κ2) is 5.12. The van der Waals surface area contributed by atoms with Gasteiger partial charge in [-0.25, -0.2) is 0 Å². The molecule has 1 heterocycles. The zero-order valence-electron chi connectivity index (χ0n) is 9.12. The van der Waals surface area contributed by atoms with Crippen LogP contribution in [0.25, 0.3) is 0 Å². The highest BCUT2D eigenvalue weighted by Gasteiger charge is 2.17. The van der Waals surface area contributed by atoms with Crippen molar-refractivity contribution < 1.29 is 4.79 Å². The average Bonchev–Trinajstić information content (AvgIpc) is 2.20. The molecule has 0 spiro atoms. The molecule has 1 amide bonds. The van der Waals surface area contributed by atoms with E-state index >= 15 is 0 Å². The minimum atomic E-state index is -0.0405. The van der Waals surface area contributed by atoms with E-state index in [2.05, 4.69) is 10.3 Å². The smallest absolute Gasteiger partial charge is 0.227 e. The molecule has 1 rings (SSSR count). The number of rotatable bonds is 3. The average molecular weight is 227 g/mol. The molecule has 1 aromatic rings. The first-order chi connectivity index (χ1) is 7.02. The van der Waals surface area contributed by atoms with Crippen LogP contribution in [0.2, 0.25) is 5.02 Å². The van der Waals surface area contributed by atoms with E-state index in [-0.39, 0.29) is 11.8 Å². The lowest BCUT2D eigenvalue weighted by Gasteiger charge is -2.15. The number of carbonyl (C=O) groups is 1. The fourth-order valence-corrected chi connectivity index (χ4v) is 1.17. The number of carbonyl (C=O) groups excluding carboxylic acids is 1. The maximum atomic E-state index is 11.7. The highest BCUT2D eigenvalue weighted by molar-refractivity contribution is 6.33. The summed E-state index contributed by atoms with van der Waals surface area (Å²) in [6.45, 7) is 5.91. The van der Waals surface area contributed by atoms with E-state index in [1.807, 2.05) is 20.8 Å². The van der Waals surface area contributed by atoms with Crippen LogP contribution in [0.15, 0.2) is 18.5 Å². The first kappa shape index (κ1) is 12.0. The van der Waals surface area contributed by atoms with Crippen molar-refractivity contribution in [3.05, 3.63) is 23.5 Å². The highest BCUT2D eigenvalue weighted by atomic mass is 35.5. The monoisotopic (exact) mass is 226 g/mol. The maximum Gasteiger partial charge on any atom is 0.227 e. The van der Waals surface area contributed by atoms with Crippen molar-refractivity contribution in [1.82, 2.24) is 4.98 Å². The fraction of sp³-hybridized carbons (Fsp3) is 0.455. The number of hydrogen-bond acceptors (Lipinski definition) is 2. The number of halogens is 1. The summed E-state index contributed by atoms with van der Waals surface area (Å²) in [5.74, 6) is 0.238. The number of pyridine rings is 1. The second-order valence-corrected chi connectivity index (χ2v) is 4.28. The van der Waals surface area contributed by atoms with Crippen molar-refractivity contribution in [1.29, 1.82) is 0 Å². The van der Waals surface area contributed by atoms with Gasteiger partial charge in [-0.1, -0.05) is 32.4 Å². The van der Waals surface area contributed by atoms with Gasteiger partial charge in [-0.2, -0.15) is 0 Å². The normalized spacial score (nSPS) is 12.6. The molecule has 0 fully saturated rings. The number of nitrogens with zero attached hydrogens (tertiary/aromatic N) is 1. The molecule has 0 aromatic carbocycles. The van der Waals surface area contributed by atoms with Gasteiger partial charge in [0.25, 0.3) is 0 Å². The number of anilines is 1. The Labute approximate surface area is 94.9 Å². The van der Waals surface area contributed by atoms with Crippen molar-refractivity contribution in [3.63, 3.8) is 0 Å². The van der Waals surface area contributed by atoms with Gasteiger partial charge in [0, 0.05) is 12.1 Å². The van der Waals surface area contributed by atoms with Crippen LogP contribution in [0.4, 0.5) is 5.69 Å². The molecule has 15 heavy (non-hydrogen) atoms. The lowest BCUT2D eigenvalue weighted by atomic mass is 9.97. The first-order valence-electron chi connectivity index (χ1n) is 4.92. The van der Waals surface area contributed by atoms with E-state index in [4.69, 9.17) is 11.6 Å². The van der Waals surface area contributed by atoms with Crippen molar-refractivity contribution in [2.75, 3.05) is 5.32 Å². The van der Waals surface area contributed by atoms with Crippen LogP contribution >= 0.6 is 11.6 Å². The SMILES string of the molecule is CC(C)C(C)C(=O)Nc1cnccc1Cl. The number of aromatic nitrogens is 1. The standard InChI is InChI=1S/C11H15ClN2O/c1-7(2)8(3)11(15)14-10-6-13-5-4-9(10)12/h4-8H,1-3H3,(H,14,15). The molecule has 0 aliphatic rings. The van der Waals surface area contributed by atoms with Crippen molar-refractivity contribution in [3.8, 4) is 0 Å². The van der Waals surface area contributed by atoms with Crippen molar-refractivity contribution >= 4 is 23.2 Å². The molecule has 82 valence electrons. The topological polar surface area (TPSA) is 42.0 Å². The van der Waals surface area contributed by atoms with Crippen LogP contribution in [0.3, 0.4) is 0 Å². The molecule has 1 unspecified atom stereocenters. The van der Waals surface area contributed by atoms with Crippen LogP contribution in [0.5, 0.6) is 0 Å². The van der Waals surface area contributed by atoms with Gasteiger partial charge in [0.15, 0.2) is 0 Å². The van der Waals surface area contributed by atoms with Gasteiger partial charge < -0.3 is 5.32 Å². The first-order valence-corrected chi connectivity index (χ1v) is 5.30. The predicted octanol–water partition coefficient (Wildman–Crippen LogP) is 2.97. The largest absolute Gasteiger partial charge is 0.323 e. The van der Waals surface area contributed by atoms with Crippen LogP contribution in [-0.2, 0) is 4.79 Å². The number of amides is 1. The predicted molar refractivity (Wildman–Crippen MR) is 61.9 cm³/mol. The second-order valence-electron chi connectivity index (χ2n) is 3.88. The van der Waals surface area contributed by atoms with E-state index in [0.717, 1.165) is 0 Å². The lowest BCUT2D eigenvalue weighted by molar-refractivity contribution is -0.120. The molecule has 1 N–H and O–H groups in total. The third-order valence-corrected chi connectivity index (χ3v) is 2.77. The van der Waals surface area contributed by atoms with Crippen molar-refractivity contribution in [2.24, 2.45) is 11.8 Å². The van der Waals surface area contributed by atoms with Gasteiger partial charge in [0.2, 0.25) is 5.91 Å². The summed E-state index contributed by atoms with van der Waals surface area (Å²) in [6, 6.07) is 1.65. The Kier molecular flexibility index (Phi) is 4.09. The summed E-state index contributed by atoms with van der Waals surface area (Å²) in [7, 11) is 0. The van der Waals surface area contributed by atoms with Gasteiger partial charge in [0.05, 0.1) is 16.9 Å². The molecule has 0 saturated carbocycles. The Bertz CT molecular complexity index is 352. The van der Waals surface area contributed by atoms with Gasteiger partial charge >= 0.3 is 0 Å². The quantitative estimate of drug-likeness (QED) is 0.861. The minimum Gasteiger partial charge on any atom is -0.323 e. The van der Waals surface area contributed by atoms with Crippen molar-refractivity contribution in [2.45, 2.75) is 20.8 Å². The summed E-state index contributed by atoms with van der Waals surface area (Å²) in [6.07, 6.45) is 3.14. The minimum absolute atomic E-state index is 0.0279. The summed E-state index contributed by atoms with van der Waals surface area (Å²) in [5, 5.41) is 3.27. The summed E-state index contributed by atoms with van der Waals surface area (Å²) >= 11 is 5.90. The Morgan fingerprint density at radius 1 is 1.47 bits per heavy atom.